The maximum absolute atomic E-state index is 12.4. The molecule has 3 nitrogen and oxygen atoms in total. The largest absolute Gasteiger partial charge is 0.495 e. The Labute approximate surface area is 132 Å². The molecule has 110 valence electrons. The van der Waals surface area contributed by atoms with E-state index in [1.165, 1.54) is 25.7 Å². The summed E-state index contributed by atoms with van der Waals surface area (Å²) in [5, 5.41) is 0.645. The lowest BCUT2D eigenvalue weighted by molar-refractivity contribution is 0.101. The first-order valence-electron chi connectivity index (χ1n) is 6.72. The lowest BCUT2D eigenvalue weighted by Gasteiger charge is -2.13. The van der Waals surface area contributed by atoms with Gasteiger partial charge in [0.2, 0.25) is 0 Å². The molecule has 1 aliphatic carbocycles. The maximum Gasteiger partial charge on any atom is 0.176 e. The van der Waals surface area contributed by atoms with Crippen molar-refractivity contribution >= 4 is 33.5 Å². The van der Waals surface area contributed by atoms with Gasteiger partial charge in [0, 0.05) is 5.25 Å². The number of halogens is 1. The molecule has 5 heteroatoms. The van der Waals surface area contributed by atoms with Gasteiger partial charge in [-0.15, -0.1) is 0 Å². The first kappa shape index (κ1) is 15.7. The minimum atomic E-state index is 0.113. The van der Waals surface area contributed by atoms with Gasteiger partial charge in [-0.05, 0) is 40.9 Å². The standard InChI is InChI=1S/C15H19BrO3S/c1-18-13-8-7-11(15(19-2)14(13)16)12(17)9-20-10-5-3-4-6-10/h7-8,10H,3-6,9H2,1-2H3. The molecule has 0 aromatic heterocycles. The Morgan fingerprint density at radius 3 is 2.60 bits per heavy atom. The van der Waals surface area contributed by atoms with E-state index in [1.54, 1.807) is 38.1 Å². The van der Waals surface area contributed by atoms with Gasteiger partial charge in [-0.2, -0.15) is 11.8 Å². The summed E-state index contributed by atoms with van der Waals surface area (Å²) in [6.45, 7) is 0. The zero-order valence-electron chi connectivity index (χ0n) is 11.8. The van der Waals surface area contributed by atoms with E-state index in [2.05, 4.69) is 15.9 Å². The van der Waals surface area contributed by atoms with Gasteiger partial charge in [-0.25, -0.2) is 0 Å². The topological polar surface area (TPSA) is 35.5 Å². The first-order chi connectivity index (χ1) is 9.67. The molecule has 0 atom stereocenters. The molecule has 0 amide bonds. The summed E-state index contributed by atoms with van der Waals surface area (Å²) in [6, 6.07) is 3.57. The summed E-state index contributed by atoms with van der Waals surface area (Å²) >= 11 is 5.20. The van der Waals surface area contributed by atoms with Gasteiger partial charge in [-0.1, -0.05) is 12.8 Å². The normalized spacial score (nSPS) is 15.3. The fraction of sp³-hybridized carbons (Fsp3) is 0.533. The van der Waals surface area contributed by atoms with Crippen LogP contribution < -0.4 is 9.47 Å². The van der Waals surface area contributed by atoms with Gasteiger partial charge in [0.25, 0.3) is 0 Å². The number of ketones is 1. The molecule has 0 heterocycles. The highest BCUT2D eigenvalue weighted by Gasteiger charge is 2.21. The quantitative estimate of drug-likeness (QED) is 0.709. The van der Waals surface area contributed by atoms with Crippen LogP contribution in [0.2, 0.25) is 0 Å². The fourth-order valence-electron chi connectivity index (χ4n) is 2.44. The molecule has 0 spiro atoms. The molecular weight excluding hydrogens is 340 g/mol. The van der Waals surface area contributed by atoms with Crippen LogP contribution in [-0.4, -0.2) is 31.0 Å². The molecule has 0 aliphatic heterocycles. The van der Waals surface area contributed by atoms with Crippen molar-refractivity contribution in [1.82, 2.24) is 0 Å². The molecule has 1 fully saturated rings. The van der Waals surface area contributed by atoms with E-state index in [1.807, 2.05) is 0 Å². The summed E-state index contributed by atoms with van der Waals surface area (Å²) in [4.78, 5) is 12.4. The third-order valence-corrected chi connectivity index (χ3v) is 5.66. The Bertz CT molecular complexity index is 484. The average Bonchev–Trinajstić information content (AvgIpc) is 2.97. The van der Waals surface area contributed by atoms with E-state index in [0.717, 1.165) is 0 Å². The Kier molecular flexibility index (Phi) is 5.78. The van der Waals surface area contributed by atoms with E-state index < -0.39 is 0 Å². The number of ether oxygens (including phenoxy) is 2. The van der Waals surface area contributed by atoms with Gasteiger partial charge in [0.1, 0.15) is 16.0 Å². The number of carbonyl (C=O) groups excluding carboxylic acids is 1. The van der Waals surface area contributed by atoms with Crippen LogP contribution in [0.1, 0.15) is 36.0 Å². The average molecular weight is 359 g/mol. The van der Waals surface area contributed by atoms with E-state index in [-0.39, 0.29) is 5.78 Å². The monoisotopic (exact) mass is 358 g/mol. The van der Waals surface area contributed by atoms with Crippen molar-refractivity contribution in [3.05, 3.63) is 22.2 Å². The second kappa shape index (κ2) is 7.36. The Hall–Kier alpha value is -0.680. The van der Waals surface area contributed by atoms with Crippen molar-refractivity contribution in [3.8, 4) is 11.5 Å². The highest BCUT2D eigenvalue weighted by atomic mass is 79.9. The third kappa shape index (κ3) is 3.50. The lowest BCUT2D eigenvalue weighted by Crippen LogP contribution is -2.08. The predicted octanol–water partition coefficient (Wildman–Crippen LogP) is 4.32. The number of hydrogen-bond donors (Lipinski definition) is 0. The smallest absolute Gasteiger partial charge is 0.176 e. The summed E-state index contributed by atoms with van der Waals surface area (Å²) in [6.07, 6.45) is 5.06. The zero-order valence-corrected chi connectivity index (χ0v) is 14.2. The van der Waals surface area contributed by atoms with Crippen molar-refractivity contribution in [1.29, 1.82) is 0 Å². The van der Waals surface area contributed by atoms with Crippen molar-refractivity contribution < 1.29 is 14.3 Å². The summed E-state index contributed by atoms with van der Waals surface area (Å²) in [5.74, 6) is 1.85. The molecule has 0 N–H and O–H groups in total. The van der Waals surface area contributed by atoms with Crippen molar-refractivity contribution in [3.63, 3.8) is 0 Å². The SMILES string of the molecule is COc1ccc(C(=O)CSC2CCCC2)c(OC)c1Br. The van der Waals surface area contributed by atoms with Crippen LogP contribution in [0.3, 0.4) is 0 Å². The minimum Gasteiger partial charge on any atom is -0.495 e. The second-order valence-corrected chi connectivity index (χ2v) is 6.88. The highest BCUT2D eigenvalue weighted by molar-refractivity contribution is 9.10. The predicted molar refractivity (Wildman–Crippen MR) is 86.3 cm³/mol. The number of benzene rings is 1. The van der Waals surface area contributed by atoms with Crippen molar-refractivity contribution in [2.75, 3.05) is 20.0 Å². The van der Waals surface area contributed by atoms with E-state index in [4.69, 9.17) is 9.47 Å². The van der Waals surface area contributed by atoms with Crippen molar-refractivity contribution in [2.24, 2.45) is 0 Å². The first-order valence-corrected chi connectivity index (χ1v) is 8.56. The van der Waals surface area contributed by atoms with Crippen LogP contribution in [-0.2, 0) is 0 Å². The number of thioether (sulfide) groups is 1. The minimum absolute atomic E-state index is 0.113. The van der Waals surface area contributed by atoms with E-state index in [9.17, 15) is 4.79 Å². The van der Waals surface area contributed by atoms with E-state index >= 15 is 0 Å². The summed E-state index contributed by atoms with van der Waals surface area (Å²) < 4.78 is 11.3. The molecule has 20 heavy (non-hydrogen) atoms. The van der Waals surface area contributed by atoms with Crippen LogP contribution in [0.15, 0.2) is 16.6 Å². The summed E-state index contributed by atoms with van der Waals surface area (Å²) in [7, 11) is 3.16. The van der Waals surface area contributed by atoms with Crippen LogP contribution in [0, 0.1) is 0 Å². The molecule has 0 unspecified atom stereocenters. The number of rotatable bonds is 6. The number of carbonyl (C=O) groups is 1. The Morgan fingerprint density at radius 1 is 1.30 bits per heavy atom. The van der Waals surface area contributed by atoms with Crippen molar-refractivity contribution in [2.45, 2.75) is 30.9 Å². The van der Waals surface area contributed by atoms with Gasteiger partial charge in [0.05, 0.1) is 25.5 Å². The molecule has 1 aromatic carbocycles. The Balaban J connectivity index is 2.10. The number of hydrogen-bond acceptors (Lipinski definition) is 4. The number of methoxy groups -OCH3 is 2. The molecule has 0 radical (unpaired) electrons. The lowest BCUT2D eigenvalue weighted by atomic mass is 10.1. The second-order valence-electron chi connectivity index (χ2n) is 4.80. The van der Waals surface area contributed by atoms with E-state index in [0.29, 0.717) is 32.5 Å². The maximum atomic E-state index is 12.4. The molecule has 1 aromatic rings. The molecule has 1 saturated carbocycles. The third-order valence-electron chi connectivity index (χ3n) is 3.54. The van der Waals surface area contributed by atoms with Crippen LogP contribution >= 0.6 is 27.7 Å². The molecular formula is C15H19BrO3S. The summed E-state index contributed by atoms with van der Waals surface area (Å²) in [5.41, 5.74) is 0.616. The molecule has 0 saturated heterocycles. The fourth-order valence-corrected chi connectivity index (χ4v) is 4.32. The van der Waals surface area contributed by atoms with Gasteiger partial charge < -0.3 is 9.47 Å². The van der Waals surface area contributed by atoms with Gasteiger partial charge >= 0.3 is 0 Å². The van der Waals surface area contributed by atoms with Gasteiger partial charge in [0.15, 0.2) is 5.78 Å². The highest BCUT2D eigenvalue weighted by Crippen LogP contribution is 2.38. The Morgan fingerprint density at radius 2 is 2.00 bits per heavy atom. The molecule has 1 aliphatic rings. The van der Waals surface area contributed by atoms with Crippen LogP contribution in [0.5, 0.6) is 11.5 Å². The van der Waals surface area contributed by atoms with Crippen LogP contribution in [0.25, 0.3) is 0 Å². The molecule has 0 bridgehead atoms. The zero-order chi connectivity index (χ0) is 14.5. The number of Topliss-reactive ketones (excluding diaryl/α,β-unsaturated/α-hetero) is 1. The van der Waals surface area contributed by atoms with Gasteiger partial charge in [-0.3, -0.25) is 4.79 Å². The molecule has 2 rings (SSSR count). The van der Waals surface area contributed by atoms with Crippen LogP contribution in [0.4, 0.5) is 0 Å².